The van der Waals surface area contributed by atoms with Crippen LogP contribution in [0.2, 0.25) is 5.02 Å². The Morgan fingerprint density at radius 3 is 2.63 bits per heavy atom. The van der Waals surface area contributed by atoms with Gasteiger partial charge in [0.15, 0.2) is 18.2 Å². The maximum absolute atomic E-state index is 11.8. The van der Waals surface area contributed by atoms with Crippen LogP contribution in [0.3, 0.4) is 0 Å². The molecule has 3 aromatic rings. The van der Waals surface area contributed by atoms with Gasteiger partial charge in [0.25, 0.3) is 0 Å². The van der Waals surface area contributed by atoms with Crippen LogP contribution in [0.25, 0.3) is 16.6 Å². The molecule has 1 heterocycles. The minimum Gasteiger partial charge on any atom is -0.507 e. The second-order valence-corrected chi connectivity index (χ2v) is 5.88. The van der Waals surface area contributed by atoms with Crippen LogP contribution in [-0.2, 0) is 9.53 Å². The van der Waals surface area contributed by atoms with Gasteiger partial charge in [-0.15, -0.1) is 0 Å². The number of para-hydroxylation sites is 2. The van der Waals surface area contributed by atoms with Crippen molar-refractivity contribution in [3.05, 3.63) is 65.1 Å². The van der Waals surface area contributed by atoms with Crippen LogP contribution < -0.4 is 4.74 Å². The molecule has 1 aromatic heterocycles. The number of hydrogen-bond donors (Lipinski definition) is 2. The molecule has 0 saturated carbocycles. The monoisotopic (exact) mass is 383 g/mol. The van der Waals surface area contributed by atoms with Crippen molar-refractivity contribution in [2.75, 3.05) is 13.2 Å². The molecule has 2 N–H and O–H groups in total. The number of allylic oxidation sites excluding steroid dienone is 1. The predicted octanol–water partition coefficient (Wildman–Crippen LogP) is 3.63. The van der Waals surface area contributed by atoms with Crippen LogP contribution in [0.1, 0.15) is 5.82 Å². The zero-order valence-corrected chi connectivity index (χ0v) is 14.7. The van der Waals surface area contributed by atoms with Crippen molar-refractivity contribution in [2.45, 2.75) is 0 Å². The lowest BCUT2D eigenvalue weighted by Gasteiger charge is -2.07. The smallest absolute Gasteiger partial charge is 0.344 e. The Bertz CT molecular complexity index is 1000. The van der Waals surface area contributed by atoms with Gasteiger partial charge in [-0.05, 0) is 36.4 Å². The molecule has 0 bridgehead atoms. The summed E-state index contributed by atoms with van der Waals surface area (Å²) in [7, 11) is 0. The SMILES string of the molecule is N#C/C(=C(/O)COC(=O)COc1ccc(Cl)cc1)c1nc2ccccc2[nH]1. The Morgan fingerprint density at radius 2 is 1.93 bits per heavy atom. The number of aliphatic hydroxyl groups excluding tert-OH is 1. The van der Waals surface area contributed by atoms with E-state index in [9.17, 15) is 15.2 Å². The van der Waals surface area contributed by atoms with E-state index >= 15 is 0 Å². The Labute approximate surface area is 159 Å². The van der Waals surface area contributed by atoms with Gasteiger partial charge in [-0.2, -0.15) is 5.26 Å². The quantitative estimate of drug-likeness (QED) is 0.382. The summed E-state index contributed by atoms with van der Waals surface area (Å²) in [6, 6.07) is 15.6. The van der Waals surface area contributed by atoms with E-state index in [2.05, 4.69) is 9.97 Å². The zero-order chi connectivity index (χ0) is 19.2. The minimum atomic E-state index is -0.696. The van der Waals surface area contributed by atoms with E-state index in [-0.39, 0.29) is 18.0 Å². The highest BCUT2D eigenvalue weighted by atomic mass is 35.5. The maximum atomic E-state index is 11.8. The summed E-state index contributed by atoms with van der Waals surface area (Å²) in [4.78, 5) is 18.9. The number of benzene rings is 2. The summed E-state index contributed by atoms with van der Waals surface area (Å²) in [5, 5.41) is 20.0. The largest absolute Gasteiger partial charge is 0.507 e. The van der Waals surface area contributed by atoms with E-state index < -0.39 is 18.3 Å². The highest BCUT2D eigenvalue weighted by Gasteiger charge is 2.15. The van der Waals surface area contributed by atoms with Crippen LogP contribution in [-0.4, -0.2) is 34.3 Å². The van der Waals surface area contributed by atoms with Crippen LogP contribution in [0.15, 0.2) is 54.3 Å². The van der Waals surface area contributed by atoms with E-state index in [4.69, 9.17) is 21.1 Å². The second kappa shape index (κ2) is 8.25. The second-order valence-electron chi connectivity index (χ2n) is 5.44. The Balaban J connectivity index is 1.61. The number of nitrogens with zero attached hydrogens (tertiary/aromatic N) is 2. The molecule has 27 heavy (non-hydrogen) atoms. The van der Waals surface area contributed by atoms with Crippen molar-refractivity contribution in [1.82, 2.24) is 9.97 Å². The highest BCUT2D eigenvalue weighted by molar-refractivity contribution is 6.30. The number of halogens is 1. The van der Waals surface area contributed by atoms with Crippen molar-refractivity contribution < 1.29 is 19.4 Å². The van der Waals surface area contributed by atoms with Crippen molar-refractivity contribution in [1.29, 1.82) is 5.26 Å². The van der Waals surface area contributed by atoms with E-state index in [1.54, 1.807) is 36.4 Å². The normalized spacial score (nSPS) is 11.6. The molecule has 0 spiro atoms. The minimum absolute atomic E-state index is 0.0994. The van der Waals surface area contributed by atoms with E-state index in [1.165, 1.54) is 0 Å². The lowest BCUT2D eigenvalue weighted by atomic mass is 10.2. The highest BCUT2D eigenvalue weighted by Crippen LogP contribution is 2.19. The molecule has 0 atom stereocenters. The molecule has 8 heteroatoms. The lowest BCUT2D eigenvalue weighted by Crippen LogP contribution is -2.16. The van der Waals surface area contributed by atoms with Crippen LogP contribution in [0, 0.1) is 11.3 Å². The van der Waals surface area contributed by atoms with Gasteiger partial charge in [0.2, 0.25) is 0 Å². The number of nitrogens with one attached hydrogen (secondary N) is 1. The third-order valence-corrected chi connectivity index (χ3v) is 3.82. The molecular formula is C19H14ClN3O4. The predicted molar refractivity (Wildman–Crippen MR) is 99.2 cm³/mol. The molecule has 136 valence electrons. The van der Waals surface area contributed by atoms with Crippen LogP contribution >= 0.6 is 11.6 Å². The molecule has 0 radical (unpaired) electrons. The third kappa shape index (κ3) is 4.57. The number of esters is 1. The van der Waals surface area contributed by atoms with Crippen LogP contribution in [0.4, 0.5) is 0 Å². The van der Waals surface area contributed by atoms with Gasteiger partial charge in [-0.25, -0.2) is 9.78 Å². The summed E-state index contributed by atoms with van der Waals surface area (Å²) in [5.74, 6) is -0.449. The number of H-pyrrole nitrogens is 1. The fourth-order valence-electron chi connectivity index (χ4n) is 2.26. The number of carbonyl (C=O) groups excluding carboxylic acids is 1. The zero-order valence-electron chi connectivity index (χ0n) is 14.0. The number of aromatic amines is 1. The number of rotatable bonds is 6. The van der Waals surface area contributed by atoms with Crippen molar-refractivity contribution in [2.24, 2.45) is 0 Å². The summed E-state index contributed by atoms with van der Waals surface area (Å²) >= 11 is 5.76. The summed E-state index contributed by atoms with van der Waals surface area (Å²) in [6.07, 6.45) is 0. The van der Waals surface area contributed by atoms with Gasteiger partial charge in [0.05, 0.1) is 11.0 Å². The van der Waals surface area contributed by atoms with Gasteiger partial charge in [0.1, 0.15) is 24.0 Å². The van der Waals surface area contributed by atoms with Crippen molar-refractivity contribution >= 4 is 34.2 Å². The maximum Gasteiger partial charge on any atom is 0.344 e. The third-order valence-electron chi connectivity index (χ3n) is 3.57. The number of carbonyl (C=O) groups is 1. The van der Waals surface area contributed by atoms with Crippen molar-refractivity contribution in [3.63, 3.8) is 0 Å². The molecule has 0 aliphatic heterocycles. The van der Waals surface area contributed by atoms with E-state index in [0.717, 1.165) is 5.52 Å². The number of ether oxygens (including phenoxy) is 2. The fourth-order valence-corrected chi connectivity index (χ4v) is 2.39. The van der Waals surface area contributed by atoms with Gasteiger partial charge >= 0.3 is 5.97 Å². The average Bonchev–Trinajstić information content (AvgIpc) is 3.10. The van der Waals surface area contributed by atoms with Crippen molar-refractivity contribution in [3.8, 4) is 11.8 Å². The van der Waals surface area contributed by atoms with Gasteiger partial charge < -0.3 is 19.6 Å². The first-order valence-corrected chi connectivity index (χ1v) is 8.26. The Hall–Kier alpha value is -3.50. The van der Waals surface area contributed by atoms with Gasteiger partial charge in [-0.1, -0.05) is 23.7 Å². The van der Waals surface area contributed by atoms with Gasteiger partial charge in [-0.3, -0.25) is 0 Å². The van der Waals surface area contributed by atoms with Gasteiger partial charge in [0, 0.05) is 5.02 Å². The molecule has 2 aromatic carbocycles. The Morgan fingerprint density at radius 1 is 1.19 bits per heavy atom. The Kier molecular flexibility index (Phi) is 5.59. The number of imidazole rings is 1. The number of nitriles is 1. The molecule has 0 fully saturated rings. The van der Waals surface area contributed by atoms with E-state index in [1.807, 2.05) is 18.2 Å². The molecule has 0 aliphatic carbocycles. The topological polar surface area (TPSA) is 108 Å². The molecule has 3 rings (SSSR count). The molecular weight excluding hydrogens is 370 g/mol. The number of aromatic nitrogens is 2. The van der Waals surface area contributed by atoms with Crippen LogP contribution in [0.5, 0.6) is 5.75 Å². The molecule has 0 aliphatic rings. The standard InChI is InChI=1S/C19H14ClN3O4/c20-12-5-7-13(8-6-12)26-11-18(25)27-10-17(24)14(9-21)19-22-15-3-1-2-4-16(15)23-19/h1-8,24H,10-11H2,(H,22,23)/b17-14-. The molecule has 0 amide bonds. The first kappa shape index (κ1) is 18.3. The summed E-state index contributed by atoms with van der Waals surface area (Å²) < 4.78 is 10.2. The molecule has 7 nitrogen and oxygen atoms in total. The molecule has 0 unspecified atom stereocenters. The number of aliphatic hydroxyl groups is 1. The average molecular weight is 384 g/mol. The first-order valence-electron chi connectivity index (χ1n) is 7.88. The lowest BCUT2D eigenvalue weighted by molar-refractivity contribution is -0.145. The number of hydrogen-bond acceptors (Lipinski definition) is 6. The first-order chi connectivity index (χ1) is 13.1. The van der Waals surface area contributed by atoms with E-state index in [0.29, 0.717) is 16.3 Å². The summed E-state index contributed by atoms with van der Waals surface area (Å²) in [5.41, 5.74) is 1.28. The molecule has 0 saturated heterocycles. The number of fused-ring (bicyclic) bond motifs is 1. The fraction of sp³-hybridized carbons (Fsp3) is 0.105. The summed E-state index contributed by atoms with van der Waals surface area (Å²) in [6.45, 7) is -0.815.